The van der Waals surface area contributed by atoms with Gasteiger partial charge in [-0.05, 0) is 24.2 Å². The number of nitro groups is 1. The van der Waals surface area contributed by atoms with E-state index in [1.54, 1.807) is 5.38 Å². The quantitative estimate of drug-likeness (QED) is 0.599. The highest BCUT2D eigenvalue weighted by Gasteiger charge is 2.15. The minimum Gasteiger partial charge on any atom is -0.295 e. The van der Waals surface area contributed by atoms with Crippen LogP contribution in [-0.4, -0.2) is 16.4 Å². The molecular weight excluding hydrogens is 298 g/mol. The summed E-state index contributed by atoms with van der Waals surface area (Å²) in [6, 6.07) is 5.26. The molecule has 0 saturated heterocycles. The molecule has 112 valence electrons. The Kier molecular flexibility index (Phi) is 4.98. The van der Waals surface area contributed by atoms with Crippen LogP contribution in [0.15, 0.2) is 29.6 Å². The maximum atomic E-state index is 13.6. The lowest BCUT2D eigenvalue weighted by Gasteiger charge is -2.20. The number of rotatable bonds is 6. The highest BCUT2D eigenvalue weighted by Crippen LogP contribution is 2.24. The zero-order valence-electron chi connectivity index (χ0n) is 11.4. The summed E-state index contributed by atoms with van der Waals surface area (Å²) in [4.78, 5) is 12.0. The van der Waals surface area contributed by atoms with Crippen LogP contribution in [-0.2, 0) is 13.1 Å². The average molecular weight is 312 g/mol. The molecule has 0 atom stereocenters. The molecule has 0 bridgehead atoms. The Hall–Kier alpha value is -1.86. The molecule has 1 aromatic heterocycles. The third kappa shape index (κ3) is 3.83. The molecule has 21 heavy (non-hydrogen) atoms. The monoisotopic (exact) mass is 312 g/mol. The van der Waals surface area contributed by atoms with Gasteiger partial charge in [-0.25, -0.2) is 8.78 Å². The van der Waals surface area contributed by atoms with Crippen LogP contribution in [0.3, 0.4) is 0 Å². The second-order valence-electron chi connectivity index (χ2n) is 4.55. The first-order valence-electron chi connectivity index (χ1n) is 6.38. The standard InChI is InChI=1S/C14H14F2N2O2S/c1-2-17(7-10-6-14(18(19)20)21-9-10)8-11-12(15)4-3-5-13(11)16/h3-6,9H,2,7-8H2,1H3. The zero-order valence-corrected chi connectivity index (χ0v) is 12.2. The summed E-state index contributed by atoms with van der Waals surface area (Å²) < 4.78 is 27.3. The van der Waals surface area contributed by atoms with Gasteiger partial charge in [0, 0.05) is 30.1 Å². The molecule has 0 aliphatic rings. The maximum absolute atomic E-state index is 13.6. The Bertz CT molecular complexity index is 625. The fourth-order valence-corrected chi connectivity index (χ4v) is 2.71. The van der Waals surface area contributed by atoms with Crippen LogP contribution in [0, 0.1) is 21.7 Å². The minimum absolute atomic E-state index is 0.0177. The zero-order chi connectivity index (χ0) is 15.4. The van der Waals surface area contributed by atoms with Gasteiger partial charge in [0.2, 0.25) is 0 Å². The SMILES string of the molecule is CCN(Cc1csc([N+](=O)[O-])c1)Cc1c(F)cccc1F. The number of hydrogen-bond acceptors (Lipinski definition) is 4. The molecule has 0 amide bonds. The van der Waals surface area contributed by atoms with Crippen LogP contribution in [0.5, 0.6) is 0 Å². The Morgan fingerprint density at radius 1 is 1.29 bits per heavy atom. The molecule has 2 aromatic rings. The Balaban J connectivity index is 2.11. The predicted octanol–water partition coefficient (Wildman–Crippen LogP) is 3.96. The molecule has 1 aromatic carbocycles. The van der Waals surface area contributed by atoms with E-state index in [9.17, 15) is 18.9 Å². The minimum atomic E-state index is -0.579. The molecule has 1 heterocycles. The van der Waals surface area contributed by atoms with Gasteiger partial charge in [-0.15, -0.1) is 0 Å². The Labute approximate surface area is 124 Å². The van der Waals surface area contributed by atoms with Crippen LogP contribution < -0.4 is 0 Å². The van der Waals surface area contributed by atoms with Crippen molar-refractivity contribution in [3.63, 3.8) is 0 Å². The van der Waals surface area contributed by atoms with Gasteiger partial charge in [0.15, 0.2) is 0 Å². The second kappa shape index (κ2) is 6.73. The first-order valence-corrected chi connectivity index (χ1v) is 7.26. The van der Waals surface area contributed by atoms with Gasteiger partial charge >= 0.3 is 5.00 Å². The summed E-state index contributed by atoms with van der Waals surface area (Å²) in [5.41, 5.74) is 0.786. The van der Waals surface area contributed by atoms with Gasteiger partial charge in [-0.3, -0.25) is 15.0 Å². The van der Waals surface area contributed by atoms with Crippen molar-refractivity contribution in [3.8, 4) is 0 Å². The van der Waals surface area contributed by atoms with Gasteiger partial charge in [-0.2, -0.15) is 0 Å². The van der Waals surface area contributed by atoms with Gasteiger partial charge in [-0.1, -0.05) is 24.3 Å². The van der Waals surface area contributed by atoms with E-state index >= 15 is 0 Å². The molecule has 7 heteroatoms. The number of nitrogens with zero attached hydrogens (tertiary/aromatic N) is 2. The van der Waals surface area contributed by atoms with Crippen molar-refractivity contribution in [2.75, 3.05) is 6.54 Å². The lowest BCUT2D eigenvalue weighted by Crippen LogP contribution is -2.23. The fraction of sp³-hybridized carbons (Fsp3) is 0.286. The summed E-state index contributed by atoms with van der Waals surface area (Å²) in [7, 11) is 0. The maximum Gasteiger partial charge on any atom is 0.324 e. The first kappa shape index (κ1) is 15.5. The Morgan fingerprint density at radius 2 is 1.95 bits per heavy atom. The van der Waals surface area contributed by atoms with Gasteiger partial charge in [0.05, 0.1) is 4.92 Å². The van der Waals surface area contributed by atoms with E-state index in [1.165, 1.54) is 24.3 Å². The normalized spacial score (nSPS) is 11.0. The van der Waals surface area contributed by atoms with E-state index in [-0.39, 0.29) is 17.1 Å². The molecular formula is C14H14F2N2O2S. The average Bonchev–Trinajstić information content (AvgIpc) is 2.90. The highest BCUT2D eigenvalue weighted by atomic mass is 32.1. The van der Waals surface area contributed by atoms with Crippen LogP contribution in [0.2, 0.25) is 0 Å². The van der Waals surface area contributed by atoms with E-state index < -0.39 is 16.6 Å². The summed E-state index contributed by atoms with van der Waals surface area (Å²) in [6.07, 6.45) is 0. The summed E-state index contributed by atoms with van der Waals surface area (Å²) >= 11 is 1.05. The van der Waals surface area contributed by atoms with E-state index in [1.807, 2.05) is 11.8 Å². The van der Waals surface area contributed by atoms with Crippen molar-refractivity contribution in [3.05, 3.63) is 62.5 Å². The van der Waals surface area contributed by atoms with Crippen molar-refractivity contribution >= 4 is 16.3 Å². The van der Waals surface area contributed by atoms with Crippen LogP contribution in [0.1, 0.15) is 18.1 Å². The lowest BCUT2D eigenvalue weighted by molar-refractivity contribution is -0.380. The van der Waals surface area contributed by atoms with Crippen LogP contribution in [0.25, 0.3) is 0 Å². The third-order valence-electron chi connectivity index (χ3n) is 3.12. The molecule has 0 aliphatic heterocycles. The Morgan fingerprint density at radius 3 is 2.48 bits per heavy atom. The van der Waals surface area contributed by atoms with Crippen molar-refractivity contribution in [2.45, 2.75) is 20.0 Å². The number of halogens is 2. The second-order valence-corrected chi connectivity index (χ2v) is 5.44. The van der Waals surface area contributed by atoms with E-state index in [2.05, 4.69) is 0 Å². The molecule has 2 rings (SSSR count). The van der Waals surface area contributed by atoms with Gasteiger partial charge < -0.3 is 0 Å². The first-order chi connectivity index (χ1) is 10.0. The number of thiophene rings is 1. The van der Waals surface area contributed by atoms with E-state index in [4.69, 9.17) is 0 Å². The molecule has 0 saturated carbocycles. The van der Waals surface area contributed by atoms with Gasteiger partial charge in [0.1, 0.15) is 11.6 Å². The van der Waals surface area contributed by atoms with Crippen LogP contribution >= 0.6 is 11.3 Å². The summed E-state index contributed by atoms with van der Waals surface area (Å²) in [6.45, 7) is 2.99. The predicted molar refractivity (Wildman–Crippen MR) is 77.1 cm³/mol. The van der Waals surface area contributed by atoms with Crippen molar-refractivity contribution in [1.29, 1.82) is 0 Å². The summed E-state index contributed by atoms with van der Waals surface area (Å²) in [5.74, 6) is -1.16. The van der Waals surface area contributed by atoms with E-state index in [0.717, 1.165) is 16.9 Å². The van der Waals surface area contributed by atoms with E-state index in [0.29, 0.717) is 13.1 Å². The van der Waals surface area contributed by atoms with Crippen molar-refractivity contribution in [2.24, 2.45) is 0 Å². The van der Waals surface area contributed by atoms with Crippen LogP contribution in [0.4, 0.5) is 13.8 Å². The lowest BCUT2D eigenvalue weighted by atomic mass is 10.1. The molecule has 0 radical (unpaired) electrons. The fourth-order valence-electron chi connectivity index (χ4n) is 1.99. The summed E-state index contributed by atoms with van der Waals surface area (Å²) in [5, 5.41) is 12.4. The van der Waals surface area contributed by atoms with Crippen molar-refractivity contribution < 1.29 is 13.7 Å². The smallest absolute Gasteiger partial charge is 0.295 e. The molecule has 0 N–H and O–H groups in total. The molecule has 0 unspecified atom stereocenters. The largest absolute Gasteiger partial charge is 0.324 e. The molecule has 0 aliphatic carbocycles. The van der Waals surface area contributed by atoms with Crippen molar-refractivity contribution in [1.82, 2.24) is 4.90 Å². The third-order valence-corrected chi connectivity index (χ3v) is 4.05. The molecule has 4 nitrogen and oxygen atoms in total. The highest BCUT2D eigenvalue weighted by molar-refractivity contribution is 7.13. The molecule has 0 fully saturated rings. The van der Waals surface area contributed by atoms with Gasteiger partial charge in [0.25, 0.3) is 0 Å². The number of benzene rings is 1. The molecule has 0 spiro atoms. The topological polar surface area (TPSA) is 46.4 Å². The number of hydrogen-bond donors (Lipinski definition) is 0.